The highest BCUT2D eigenvalue weighted by molar-refractivity contribution is 5.71. The third-order valence-electron chi connectivity index (χ3n) is 5.63. The summed E-state index contributed by atoms with van der Waals surface area (Å²) in [5.41, 5.74) is 2.54. The van der Waals surface area contributed by atoms with E-state index < -0.39 is 16.4 Å². The summed E-state index contributed by atoms with van der Waals surface area (Å²) >= 11 is 0. The fourth-order valence-corrected chi connectivity index (χ4v) is 3.89. The van der Waals surface area contributed by atoms with Gasteiger partial charge in [0.25, 0.3) is 0 Å². The number of rotatable bonds is 5. The van der Waals surface area contributed by atoms with Crippen molar-refractivity contribution in [1.82, 2.24) is 19.9 Å². The monoisotopic (exact) mass is 423 g/mol. The Bertz CT molecular complexity index is 1220. The first-order valence-electron chi connectivity index (χ1n) is 9.64. The molecule has 0 atom stereocenters. The molecule has 0 saturated heterocycles. The Morgan fingerprint density at radius 2 is 2.06 bits per heavy atom. The Kier molecular flexibility index (Phi) is 4.20. The van der Waals surface area contributed by atoms with Crippen molar-refractivity contribution in [2.24, 2.45) is 0 Å². The molecule has 10 nitrogen and oxygen atoms in total. The highest BCUT2D eigenvalue weighted by Crippen LogP contribution is 2.56. The quantitative estimate of drug-likeness (QED) is 0.485. The molecule has 0 amide bonds. The van der Waals surface area contributed by atoms with Crippen molar-refractivity contribution < 1.29 is 14.1 Å². The van der Waals surface area contributed by atoms with Crippen molar-refractivity contribution in [2.75, 3.05) is 23.9 Å². The van der Waals surface area contributed by atoms with Crippen LogP contribution in [0.2, 0.25) is 0 Å². The number of halogens is 1. The average molecular weight is 423 g/mol. The maximum atomic E-state index is 13.9. The summed E-state index contributed by atoms with van der Waals surface area (Å²) < 4.78 is 19.1. The first-order chi connectivity index (χ1) is 14.9. The Morgan fingerprint density at radius 1 is 1.26 bits per heavy atom. The number of pyridine rings is 1. The number of benzene rings is 1. The van der Waals surface area contributed by atoms with Gasteiger partial charge < -0.3 is 15.0 Å². The number of methoxy groups -OCH3 is 1. The van der Waals surface area contributed by atoms with Crippen molar-refractivity contribution in [3.05, 3.63) is 57.9 Å². The fourth-order valence-electron chi connectivity index (χ4n) is 3.89. The lowest BCUT2D eigenvalue weighted by Gasteiger charge is -2.18. The third-order valence-corrected chi connectivity index (χ3v) is 5.63. The van der Waals surface area contributed by atoms with Crippen LogP contribution in [-0.2, 0) is 5.41 Å². The van der Waals surface area contributed by atoms with Crippen molar-refractivity contribution in [3.63, 3.8) is 0 Å². The summed E-state index contributed by atoms with van der Waals surface area (Å²) in [4.78, 5) is 30.0. The van der Waals surface area contributed by atoms with Crippen LogP contribution in [0.15, 0.2) is 30.6 Å². The summed E-state index contributed by atoms with van der Waals surface area (Å²) in [6, 6.07) is 5.98. The van der Waals surface area contributed by atoms with Gasteiger partial charge in [-0.05, 0) is 31.9 Å². The van der Waals surface area contributed by atoms with E-state index in [9.17, 15) is 14.5 Å². The Balaban J connectivity index is 1.49. The lowest BCUT2D eigenvalue weighted by atomic mass is 10.0. The molecule has 3 heterocycles. The summed E-state index contributed by atoms with van der Waals surface area (Å²) in [5, 5.41) is 14.0. The predicted molar refractivity (Wildman–Crippen MR) is 110 cm³/mol. The Morgan fingerprint density at radius 3 is 2.77 bits per heavy atom. The van der Waals surface area contributed by atoms with E-state index in [4.69, 9.17) is 9.72 Å². The Labute approximate surface area is 176 Å². The SMILES string of the molecule is COc1cc(F)c([N+](=O)[O-])cc1Nc1ncnc(N2CC3(CC3)c3nc(C)ccc32)n1. The number of ether oxygens (including phenoxy) is 1. The third kappa shape index (κ3) is 3.18. The second-order valence-electron chi connectivity index (χ2n) is 7.68. The minimum Gasteiger partial charge on any atom is -0.494 e. The van der Waals surface area contributed by atoms with Crippen LogP contribution >= 0.6 is 0 Å². The van der Waals surface area contributed by atoms with Gasteiger partial charge in [0, 0.05) is 29.8 Å². The Hall–Kier alpha value is -3.89. The number of nitrogens with one attached hydrogen (secondary N) is 1. The van der Waals surface area contributed by atoms with Crippen LogP contribution in [0.5, 0.6) is 5.75 Å². The summed E-state index contributed by atoms with van der Waals surface area (Å²) in [5.74, 6) is -0.311. The van der Waals surface area contributed by atoms with Gasteiger partial charge in [-0.3, -0.25) is 15.1 Å². The van der Waals surface area contributed by atoms with Gasteiger partial charge in [-0.15, -0.1) is 0 Å². The van der Waals surface area contributed by atoms with Gasteiger partial charge in [0.1, 0.15) is 12.1 Å². The number of hydrogen-bond acceptors (Lipinski definition) is 9. The standard InChI is InChI=1S/C20H18FN7O3/c1-11-3-4-14-17(24-11)20(5-6-20)9-27(14)19-23-10-22-18(26-19)25-13-8-15(28(29)30)12(21)7-16(13)31-2/h3-4,7-8,10H,5-6,9H2,1-2H3,(H,22,23,25,26). The molecule has 1 aliphatic carbocycles. The molecule has 1 N–H and O–H groups in total. The molecule has 11 heteroatoms. The van der Waals surface area contributed by atoms with E-state index in [1.807, 2.05) is 24.0 Å². The molecule has 1 aliphatic heterocycles. The first-order valence-corrected chi connectivity index (χ1v) is 9.64. The number of nitro benzene ring substituents is 1. The molecule has 5 rings (SSSR count). The fraction of sp³-hybridized carbons (Fsp3) is 0.300. The van der Waals surface area contributed by atoms with Gasteiger partial charge in [0.05, 0.1) is 29.1 Å². The number of nitrogens with zero attached hydrogens (tertiary/aromatic N) is 6. The van der Waals surface area contributed by atoms with Crippen molar-refractivity contribution in [2.45, 2.75) is 25.2 Å². The predicted octanol–water partition coefficient (Wildman–Crippen LogP) is 3.56. The van der Waals surface area contributed by atoms with Crippen molar-refractivity contribution in [1.29, 1.82) is 0 Å². The maximum absolute atomic E-state index is 13.9. The van der Waals surface area contributed by atoms with E-state index in [0.29, 0.717) is 5.95 Å². The zero-order valence-electron chi connectivity index (χ0n) is 16.8. The molecule has 158 valence electrons. The molecule has 1 spiro atoms. The summed E-state index contributed by atoms with van der Waals surface area (Å²) in [7, 11) is 1.34. The summed E-state index contributed by atoms with van der Waals surface area (Å²) in [6.45, 7) is 2.70. The highest BCUT2D eigenvalue weighted by Gasteiger charge is 2.54. The molecule has 0 bridgehead atoms. The lowest BCUT2D eigenvalue weighted by Crippen LogP contribution is -2.21. The topological polar surface area (TPSA) is 119 Å². The van der Waals surface area contributed by atoms with Gasteiger partial charge in [0.2, 0.25) is 17.7 Å². The minimum absolute atomic E-state index is 0.0440. The van der Waals surface area contributed by atoms with E-state index in [0.717, 1.165) is 48.6 Å². The average Bonchev–Trinajstić information content (AvgIpc) is 3.46. The van der Waals surface area contributed by atoms with Crippen LogP contribution in [0, 0.1) is 22.9 Å². The van der Waals surface area contributed by atoms with Gasteiger partial charge in [0.15, 0.2) is 0 Å². The largest absolute Gasteiger partial charge is 0.494 e. The number of anilines is 4. The van der Waals surface area contributed by atoms with E-state index in [-0.39, 0.29) is 22.8 Å². The lowest BCUT2D eigenvalue weighted by molar-refractivity contribution is -0.387. The minimum atomic E-state index is -0.991. The number of hydrogen-bond donors (Lipinski definition) is 1. The van der Waals surface area contributed by atoms with Gasteiger partial charge in [-0.2, -0.15) is 9.37 Å². The number of nitro groups is 1. The molecule has 3 aromatic rings. The highest BCUT2D eigenvalue weighted by atomic mass is 19.1. The van der Waals surface area contributed by atoms with Crippen LogP contribution < -0.4 is 15.0 Å². The molecule has 0 radical (unpaired) electrons. The molecule has 1 fully saturated rings. The molecular weight excluding hydrogens is 405 g/mol. The zero-order chi connectivity index (χ0) is 21.8. The van der Waals surface area contributed by atoms with E-state index in [2.05, 4.69) is 20.3 Å². The second-order valence-corrected chi connectivity index (χ2v) is 7.68. The second kappa shape index (κ2) is 6.83. The molecule has 0 unspecified atom stereocenters. The van der Waals surface area contributed by atoms with Crippen LogP contribution in [-0.4, -0.2) is 38.5 Å². The molecule has 2 aliphatic rings. The molecule has 1 saturated carbocycles. The van der Waals surface area contributed by atoms with Gasteiger partial charge >= 0.3 is 5.69 Å². The van der Waals surface area contributed by atoms with Crippen molar-refractivity contribution >= 4 is 29.0 Å². The van der Waals surface area contributed by atoms with Gasteiger partial charge in [-0.25, -0.2) is 9.97 Å². The smallest absolute Gasteiger partial charge is 0.307 e. The zero-order valence-corrected chi connectivity index (χ0v) is 16.8. The van der Waals surface area contributed by atoms with E-state index in [1.54, 1.807) is 0 Å². The maximum Gasteiger partial charge on any atom is 0.307 e. The molecule has 2 aromatic heterocycles. The van der Waals surface area contributed by atoms with Crippen LogP contribution in [0.3, 0.4) is 0 Å². The molecule has 1 aromatic carbocycles. The van der Waals surface area contributed by atoms with Crippen LogP contribution in [0.4, 0.5) is 33.3 Å². The molecular formula is C20H18FN7O3. The first kappa shape index (κ1) is 19.1. The summed E-state index contributed by atoms with van der Waals surface area (Å²) in [6.07, 6.45) is 3.49. The number of aryl methyl sites for hydroxylation is 1. The van der Waals surface area contributed by atoms with E-state index in [1.165, 1.54) is 13.4 Å². The number of fused-ring (bicyclic) bond motifs is 2. The molecule has 31 heavy (non-hydrogen) atoms. The normalized spacial score (nSPS) is 15.6. The van der Waals surface area contributed by atoms with E-state index >= 15 is 0 Å². The number of aromatic nitrogens is 4. The van der Waals surface area contributed by atoms with Crippen LogP contribution in [0.1, 0.15) is 24.2 Å². The van der Waals surface area contributed by atoms with Crippen LogP contribution in [0.25, 0.3) is 0 Å². The van der Waals surface area contributed by atoms with Gasteiger partial charge in [-0.1, -0.05) is 0 Å². The van der Waals surface area contributed by atoms with Crippen molar-refractivity contribution in [3.8, 4) is 5.75 Å².